The summed E-state index contributed by atoms with van der Waals surface area (Å²) in [6.07, 6.45) is 0.718. The molecule has 0 amide bonds. The van der Waals surface area contributed by atoms with Crippen molar-refractivity contribution in [1.82, 2.24) is 0 Å². The highest BCUT2D eigenvalue weighted by atomic mass is 32.2. The van der Waals surface area contributed by atoms with Gasteiger partial charge in [0.15, 0.2) is 0 Å². The molecule has 32 heavy (non-hydrogen) atoms. The number of rotatable bonds is 10. The Bertz CT molecular complexity index is 1100. The lowest BCUT2D eigenvalue weighted by Gasteiger charge is -2.24. The Kier molecular flexibility index (Phi) is 8.03. The average molecular weight is 454 g/mol. The minimum Gasteiger partial charge on any atom is -0.466 e. The maximum Gasteiger partial charge on any atom is 0.339 e. The maximum absolute atomic E-state index is 12.4. The van der Waals surface area contributed by atoms with Crippen LogP contribution in [0.3, 0.4) is 0 Å². The Morgan fingerprint density at radius 3 is 2.09 bits per heavy atom. The predicted molar refractivity (Wildman–Crippen MR) is 123 cm³/mol. The predicted octanol–water partition coefficient (Wildman–Crippen LogP) is 4.06. The molecule has 168 valence electrons. The third-order valence-electron chi connectivity index (χ3n) is 5.07. The lowest BCUT2D eigenvalue weighted by Crippen LogP contribution is -2.32. The number of benzene rings is 3. The van der Waals surface area contributed by atoms with Crippen LogP contribution in [0.4, 0.5) is 0 Å². The SMILES string of the molecule is CCOC(=O)CC(c1ccc(OS(=O)(=O)c2ccccc2)cc1)C(N)Cc1ccccc1. The summed E-state index contributed by atoms with van der Waals surface area (Å²) in [5, 5.41) is 0. The van der Waals surface area contributed by atoms with Gasteiger partial charge >= 0.3 is 16.1 Å². The standard InChI is InChI=1S/C25H27NO5S/c1-2-30-25(27)18-23(24(26)17-19-9-5-3-6-10-19)20-13-15-21(16-14-20)31-32(28,29)22-11-7-4-8-12-22/h3-16,23-24H,2,17-18,26H2,1H3. The van der Waals surface area contributed by atoms with Crippen molar-refractivity contribution < 1.29 is 22.1 Å². The third kappa shape index (κ3) is 6.42. The zero-order valence-electron chi connectivity index (χ0n) is 17.9. The van der Waals surface area contributed by atoms with E-state index in [1.165, 1.54) is 12.1 Å². The first-order valence-electron chi connectivity index (χ1n) is 10.4. The van der Waals surface area contributed by atoms with Gasteiger partial charge in [-0.05, 0) is 48.7 Å². The highest BCUT2D eigenvalue weighted by Crippen LogP contribution is 2.28. The Hall–Kier alpha value is -3.16. The Morgan fingerprint density at radius 2 is 1.50 bits per heavy atom. The van der Waals surface area contributed by atoms with Crippen LogP contribution in [0.5, 0.6) is 5.75 Å². The molecule has 0 aliphatic heterocycles. The molecule has 2 atom stereocenters. The molecule has 2 N–H and O–H groups in total. The molecule has 0 aliphatic carbocycles. The Morgan fingerprint density at radius 1 is 0.906 bits per heavy atom. The number of esters is 1. The van der Waals surface area contributed by atoms with Gasteiger partial charge in [0.1, 0.15) is 10.6 Å². The first kappa shape index (κ1) is 23.5. The number of hydrogen-bond donors (Lipinski definition) is 1. The molecule has 0 aromatic heterocycles. The van der Waals surface area contributed by atoms with Gasteiger partial charge < -0.3 is 14.7 Å². The van der Waals surface area contributed by atoms with E-state index in [1.54, 1.807) is 49.4 Å². The quantitative estimate of drug-likeness (QED) is 0.367. The minimum atomic E-state index is -3.93. The van der Waals surface area contributed by atoms with Crippen LogP contribution in [-0.2, 0) is 26.1 Å². The smallest absolute Gasteiger partial charge is 0.339 e. The van der Waals surface area contributed by atoms with Crippen molar-refractivity contribution in [2.75, 3.05) is 6.61 Å². The summed E-state index contributed by atoms with van der Waals surface area (Å²) in [6.45, 7) is 2.06. The van der Waals surface area contributed by atoms with Crippen LogP contribution in [-0.4, -0.2) is 27.0 Å². The number of hydrogen-bond acceptors (Lipinski definition) is 6. The zero-order valence-corrected chi connectivity index (χ0v) is 18.7. The van der Waals surface area contributed by atoms with Gasteiger partial charge in [-0.3, -0.25) is 4.79 Å². The van der Waals surface area contributed by atoms with Crippen LogP contribution in [0, 0.1) is 0 Å². The van der Waals surface area contributed by atoms with E-state index >= 15 is 0 Å². The molecule has 0 spiro atoms. The van der Waals surface area contributed by atoms with E-state index in [1.807, 2.05) is 30.3 Å². The molecular weight excluding hydrogens is 426 g/mol. The fraction of sp³-hybridized carbons (Fsp3) is 0.240. The van der Waals surface area contributed by atoms with Crippen LogP contribution in [0.25, 0.3) is 0 Å². The topological polar surface area (TPSA) is 95.7 Å². The fourth-order valence-electron chi connectivity index (χ4n) is 3.48. The molecule has 0 heterocycles. The van der Waals surface area contributed by atoms with Crippen molar-refractivity contribution in [1.29, 1.82) is 0 Å². The molecular formula is C25H27NO5S. The van der Waals surface area contributed by atoms with Gasteiger partial charge in [-0.2, -0.15) is 8.42 Å². The molecule has 2 unspecified atom stereocenters. The van der Waals surface area contributed by atoms with Gasteiger partial charge in [0, 0.05) is 12.0 Å². The van der Waals surface area contributed by atoms with E-state index in [9.17, 15) is 13.2 Å². The minimum absolute atomic E-state index is 0.0779. The van der Waals surface area contributed by atoms with Crippen LogP contribution < -0.4 is 9.92 Å². The monoisotopic (exact) mass is 453 g/mol. The van der Waals surface area contributed by atoms with Gasteiger partial charge in [0.05, 0.1) is 13.0 Å². The van der Waals surface area contributed by atoms with Gasteiger partial charge in [-0.25, -0.2) is 0 Å². The molecule has 0 radical (unpaired) electrons. The van der Waals surface area contributed by atoms with Gasteiger partial charge in [0.2, 0.25) is 0 Å². The molecule has 0 saturated heterocycles. The molecule has 3 aromatic rings. The second-order valence-corrected chi connectivity index (χ2v) is 8.94. The number of carbonyl (C=O) groups is 1. The van der Waals surface area contributed by atoms with Crippen molar-refractivity contribution >= 4 is 16.1 Å². The highest BCUT2D eigenvalue weighted by molar-refractivity contribution is 7.87. The third-order valence-corrected chi connectivity index (χ3v) is 6.33. The number of carbonyl (C=O) groups excluding carboxylic acids is 1. The van der Waals surface area contributed by atoms with E-state index in [2.05, 4.69) is 0 Å². The molecule has 0 bridgehead atoms. The fourth-order valence-corrected chi connectivity index (χ4v) is 4.43. The maximum atomic E-state index is 12.4. The normalized spacial score (nSPS) is 13.2. The molecule has 0 fully saturated rings. The van der Waals surface area contributed by atoms with Crippen LogP contribution in [0.2, 0.25) is 0 Å². The number of ether oxygens (including phenoxy) is 1. The van der Waals surface area contributed by atoms with E-state index in [4.69, 9.17) is 14.7 Å². The molecule has 3 aromatic carbocycles. The summed E-state index contributed by atoms with van der Waals surface area (Å²) in [5.41, 5.74) is 8.39. The first-order chi connectivity index (χ1) is 15.4. The van der Waals surface area contributed by atoms with Crippen LogP contribution in [0.1, 0.15) is 30.4 Å². The second kappa shape index (κ2) is 10.9. The van der Waals surface area contributed by atoms with Crippen molar-refractivity contribution in [3.05, 3.63) is 96.1 Å². The largest absolute Gasteiger partial charge is 0.466 e. The average Bonchev–Trinajstić information content (AvgIpc) is 2.79. The highest BCUT2D eigenvalue weighted by Gasteiger charge is 2.25. The molecule has 3 rings (SSSR count). The van der Waals surface area contributed by atoms with E-state index in [0.29, 0.717) is 13.0 Å². The van der Waals surface area contributed by atoms with Crippen LogP contribution >= 0.6 is 0 Å². The lowest BCUT2D eigenvalue weighted by atomic mass is 9.85. The van der Waals surface area contributed by atoms with Crippen LogP contribution in [0.15, 0.2) is 89.8 Å². The molecule has 0 saturated carbocycles. The van der Waals surface area contributed by atoms with Crippen molar-refractivity contribution in [2.24, 2.45) is 5.73 Å². The van der Waals surface area contributed by atoms with E-state index < -0.39 is 10.1 Å². The summed E-state index contributed by atoms with van der Waals surface area (Å²) >= 11 is 0. The summed E-state index contributed by atoms with van der Waals surface area (Å²) < 4.78 is 35.3. The van der Waals surface area contributed by atoms with Crippen molar-refractivity contribution in [3.63, 3.8) is 0 Å². The van der Waals surface area contributed by atoms with Crippen molar-refractivity contribution in [2.45, 2.75) is 36.6 Å². The number of nitrogens with two attached hydrogens (primary N) is 1. The van der Waals surface area contributed by atoms with E-state index in [0.717, 1.165) is 11.1 Å². The summed E-state index contributed by atoms with van der Waals surface area (Å²) in [6, 6.07) is 24.1. The summed E-state index contributed by atoms with van der Waals surface area (Å²) in [5.74, 6) is -0.439. The van der Waals surface area contributed by atoms with E-state index in [-0.39, 0.29) is 35.0 Å². The lowest BCUT2D eigenvalue weighted by molar-refractivity contribution is -0.143. The molecule has 7 heteroatoms. The Labute approximate surface area is 189 Å². The summed E-state index contributed by atoms with van der Waals surface area (Å²) in [4.78, 5) is 12.3. The zero-order chi connectivity index (χ0) is 23.0. The van der Waals surface area contributed by atoms with Crippen molar-refractivity contribution in [3.8, 4) is 5.75 Å². The van der Waals surface area contributed by atoms with Gasteiger partial charge in [0.25, 0.3) is 0 Å². The van der Waals surface area contributed by atoms with Gasteiger partial charge in [-0.1, -0.05) is 60.7 Å². The first-order valence-corrected chi connectivity index (χ1v) is 11.8. The Balaban J connectivity index is 1.79. The summed E-state index contributed by atoms with van der Waals surface area (Å²) in [7, 11) is -3.93. The second-order valence-electron chi connectivity index (χ2n) is 7.39. The molecule has 0 aliphatic rings. The van der Waals surface area contributed by atoms with Gasteiger partial charge in [-0.15, -0.1) is 0 Å². The molecule has 6 nitrogen and oxygen atoms in total.